The quantitative estimate of drug-likeness (QED) is 0.800. The van der Waals surface area contributed by atoms with Gasteiger partial charge in [-0.25, -0.2) is 4.98 Å². The number of aromatic nitrogens is 1. The van der Waals surface area contributed by atoms with Crippen molar-refractivity contribution in [1.29, 1.82) is 0 Å². The van der Waals surface area contributed by atoms with Crippen LogP contribution in [0.1, 0.15) is 10.4 Å². The van der Waals surface area contributed by atoms with Crippen LogP contribution in [0.5, 0.6) is 0 Å². The molecule has 0 radical (unpaired) electrons. The summed E-state index contributed by atoms with van der Waals surface area (Å²) < 4.78 is 11.4. The first-order valence-electron chi connectivity index (χ1n) is 7.36. The Kier molecular flexibility index (Phi) is 3.72. The zero-order valence-electron chi connectivity index (χ0n) is 12.3. The van der Waals surface area contributed by atoms with E-state index in [4.69, 9.17) is 9.15 Å². The standard InChI is InChI=1S/C16H15N3O3S/c20-15(11-3-6-22-10-11)17-12-1-2-13-14(9-12)23-16(18-13)19-4-7-21-8-5-19/h1-3,6,9-10H,4-5,7-8H2,(H,17,20). The Morgan fingerprint density at radius 1 is 1.26 bits per heavy atom. The Morgan fingerprint density at radius 2 is 2.13 bits per heavy atom. The zero-order chi connectivity index (χ0) is 15.6. The van der Waals surface area contributed by atoms with Crippen LogP contribution >= 0.6 is 11.3 Å². The van der Waals surface area contributed by atoms with Gasteiger partial charge in [0.1, 0.15) is 6.26 Å². The molecule has 6 nitrogen and oxygen atoms in total. The second kappa shape index (κ2) is 6.02. The van der Waals surface area contributed by atoms with Crippen molar-refractivity contribution in [2.24, 2.45) is 0 Å². The van der Waals surface area contributed by atoms with E-state index >= 15 is 0 Å². The number of carbonyl (C=O) groups excluding carboxylic acids is 1. The second-order valence-corrected chi connectivity index (χ2v) is 6.25. The summed E-state index contributed by atoms with van der Waals surface area (Å²) >= 11 is 1.63. The van der Waals surface area contributed by atoms with Crippen LogP contribution in [0, 0.1) is 0 Å². The van der Waals surface area contributed by atoms with E-state index in [2.05, 4.69) is 15.2 Å². The highest BCUT2D eigenvalue weighted by Crippen LogP contribution is 2.31. The Labute approximate surface area is 136 Å². The zero-order valence-corrected chi connectivity index (χ0v) is 13.1. The third-order valence-corrected chi connectivity index (χ3v) is 4.78. The number of hydrogen-bond acceptors (Lipinski definition) is 6. The van der Waals surface area contributed by atoms with Crippen LogP contribution in [0.15, 0.2) is 41.2 Å². The van der Waals surface area contributed by atoms with Gasteiger partial charge in [-0.15, -0.1) is 0 Å². The van der Waals surface area contributed by atoms with Crippen LogP contribution in [0.4, 0.5) is 10.8 Å². The maximum absolute atomic E-state index is 12.1. The van der Waals surface area contributed by atoms with Gasteiger partial charge < -0.3 is 19.4 Å². The smallest absolute Gasteiger partial charge is 0.258 e. The molecule has 1 amide bonds. The van der Waals surface area contributed by atoms with E-state index in [0.717, 1.165) is 47.3 Å². The number of anilines is 2. The minimum absolute atomic E-state index is 0.184. The van der Waals surface area contributed by atoms with Crippen molar-refractivity contribution >= 4 is 38.3 Å². The highest BCUT2D eigenvalue weighted by molar-refractivity contribution is 7.22. The van der Waals surface area contributed by atoms with Crippen LogP contribution in [0.2, 0.25) is 0 Å². The number of benzene rings is 1. The van der Waals surface area contributed by atoms with E-state index < -0.39 is 0 Å². The second-order valence-electron chi connectivity index (χ2n) is 5.24. The molecule has 0 saturated carbocycles. The fraction of sp³-hybridized carbons (Fsp3) is 0.250. The molecule has 0 aliphatic carbocycles. The van der Waals surface area contributed by atoms with E-state index in [9.17, 15) is 4.79 Å². The molecule has 0 unspecified atom stereocenters. The fourth-order valence-electron chi connectivity index (χ4n) is 2.48. The maximum Gasteiger partial charge on any atom is 0.258 e. The van der Waals surface area contributed by atoms with Gasteiger partial charge >= 0.3 is 0 Å². The number of carbonyl (C=O) groups is 1. The van der Waals surface area contributed by atoms with E-state index in [0.29, 0.717) is 5.56 Å². The summed E-state index contributed by atoms with van der Waals surface area (Å²) in [5, 5.41) is 3.87. The summed E-state index contributed by atoms with van der Waals surface area (Å²) in [6.07, 6.45) is 2.91. The SMILES string of the molecule is O=C(Nc1ccc2nc(N3CCOCC3)sc2c1)c1ccoc1. The molecule has 1 fully saturated rings. The number of nitrogens with one attached hydrogen (secondary N) is 1. The molecule has 118 valence electrons. The molecule has 0 bridgehead atoms. The number of fused-ring (bicyclic) bond motifs is 1. The third-order valence-electron chi connectivity index (χ3n) is 3.70. The highest BCUT2D eigenvalue weighted by atomic mass is 32.1. The molecule has 3 heterocycles. The molecule has 3 aromatic rings. The number of nitrogens with zero attached hydrogens (tertiary/aromatic N) is 2. The van der Waals surface area contributed by atoms with Gasteiger partial charge in [-0.3, -0.25) is 4.79 Å². The summed E-state index contributed by atoms with van der Waals surface area (Å²) in [6, 6.07) is 7.38. The van der Waals surface area contributed by atoms with E-state index in [1.54, 1.807) is 17.4 Å². The van der Waals surface area contributed by atoms with Gasteiger partial charge in [-0.2, -0.15) is 0 Å². The van der Waals surface area contributed by atoms with Gasteiger partial charge in [0.05, 0.1) is 35.3 Å². The maximum atomic E-state index is 12.1. The van der Waals surface area contributed by atoms with E-state index in [1.165, 1.54) is 12.5 Å². The van der Waals surface area contributed by atoms with Crippen LogP contribution in [-0.2, 0) is 4.74 Å². The average molecular weight is 329 g/mol. The van der Waals surface area contributed by atoms with Crippen LogP contribution in [0.3, 0.4) is 0 Å². The Bertz CT molecular complexity index is 822. The first kappa shape index (κ1) is 14.2. The van der Waals surface area contributed by atoms with Crippen LogP contribution < -0.4 is 10.2 Å². The molecule has 2 aromatic heterocycles. The molecule has 1 saturated heterocycles. The lowest BCUT2D eigenvalue weighted by atomic mass is 10.2. The van der Waals surface area contributed by atoms with Crippen molar-refractivity contribution in [3.63, 3.8) is 0 Å². The number of ether oxygens (including phenoxy) is 1. The third kappa shape index (κ3) is 2.93. The average Bonchev–Trinajstić information content (AvgIpc) is 3.25. The topological polar surface area (TPSA) is 67.6 Å². The van der Waals surface area contributed by atoms with Crippen molar-refractivity contribution in [1.82, 2.24) is 4.98 Å². The number of rotatable bonds is 3. The van der Waals surface area contributed by atoms with Gasteiger partial charge in [0.15, 0.2) is 5.13 Å². The molecular weight excluding hydrogens is 314 g/mol. The lowest BCUT2D eigenvalue weighted by Crippen LogP contribution is -2.36. The molecule has 0 spiro atoms. The van der Waals surface area contributed by atoms with Crippen molar-refractivity contribution in [2.75, 3.05) is 36.5 Å². The molecule has 1 aliphatic rings. The molecule has 1 aromatic carbocycles. The predicted molar refractivity (Wildman–Crippen MR) is 89.3 cm³/mol. The highest BCUT2D eigenvalue weighted by Gasteiger charge is 2.16. The summed E-state index contributed by atoms with van der Waals surface area (Å²) in [7, 11) is 0. The number of morpholine rings is 1. The number of furan rings is 1. The van der Waals surface area contributed by atoms with Gasteiger partial charge in [-0.05, 0) is 24.3 Å². The summed E-state index contributed by atoms with van der Waals surface area (Å²) in [5.74, 6) is -0.184. The largest absolute Gasteiger partial charge is 0.472 e. The van der Waals surface area contributed by atoms with Gasteiger partial charge in [0.2, 0.25) is 0 Å². The summed E-state index contributed by atoms with van der Waals surface area (Å²) in [5.41, 5.74) is 2.20. The molecule has 1 aliphatic heterocycles. The van der Waals surface area contributed by atoms with Crippen molar-refractivity contribution in [2.45, 2.75) is 0 Å². The lowest BCUT2D eigenvalue weighted by molar-refractivity contribution is 0.102. The molecular formula is C16H15N3O3S. The van der Waals surface area contributed by atoms with Crippen LogP contribution in [-0.4, -0.2) is 37.2 Å². The molecule has 0 atom stereocenters. The monoisotopic (exact) mass is 329 g/mol. The van der Waals surface area contributed by atoms with Crippen molar-refractivity contribution in [3.05, 3.63) is 42.4 Å². The first-order valence-corrected chi connectivity index (χ1v) is 8.18. The number of thiazole rings is 1. The minimum atomic E-state index is -0.184. The van der Waals surface area contributed by atoms with Gasteiger partial charge in [0.25, 0.3) is 5.91 Å². The lowest BCUT2D eigenvalue weighted by Gasteiger charge is -2.25. The summed E-state index contributed by atoms with van der Waals surface area (Å²) in [4.78, 5) is 19.0. The van der Waals surface area contributed by atoms with E-state index in [-0.39, 0.29) is 5.91 Å². The van der Waals surface area contributed by atoms with Crippen LogP contribution in [0.25, 0.3) is 10.2 Å². The fourth-order valence-corrected chi connectivity index (χ4v) is 3.53. The normalized spacial score (nSPS) is 15.0. The Morgan fingerprint density at radius 3 is 2.91 bits per heavy atom. The predicted octanol–water partition coefficient (Wildman–Crippen LogP) is 2.98. The molecule has 7 heteroatoms. The molecule has 23 heavy (non-hydrogen) atoms. The van der Waals surface area contributed by atoms with Crippen molar-refractivity contribution < 1.29 is 13.9 Å². The summed E-state index contributed by atoms with van der Waals surface area (Å²) in [6.45, 7) is 3.21. The molecule has 1 N–H and O–H groups in total. The van der Waals surface area contributed by atoms with Crippen molar-refractivity contribution in [3.8, 4) is 0 Å². The number of amides is 1. The Hall–Kier alpha value is -2.38. The molecule has 4 rings (SSSR count). The Balaban J connectivity index is 1.56. The van der Waals surface area contributed by atoms with E-state index in [1.807, 2.05) is 18.2 Å². The minimum Gasteiger partial charge on any atom is -0.472 e. The van der Waals surface area contributed by atoms with Gasteiger partial charge in [0, 0.05) is 18.8 Å². The van der Waals surface area contributed by atoms with Gasteiger partial charge in [-0.1, -0.05) is 11.3 Å². The number of hydrogen-bond donors (Lipinski definition) is 1. The first-order chi connectivity index (χ1) is 11.3.